The van der Waals surface area contributed by atoms with Crippen molar-refractivity contribution in [3.63, 3.8) is 0 Å². The zero-order valence-corrected chi connectivity index (χ0v) is 13.1. The predicted octanol–water partition coefficient (Wildman–Crippen LogP) is 0.980. The minimum Gasteiger partial charge on any atom is -0.362 e. The molecule has 0 fully saturated rings. The molecule has 0 unspecified atom stereocenters. The van der Waals surface area contributed by atoms with Crippen LogP contribution < -0.4 is 10.7 Å². The van der Waals surface area contributed by atoms with Gasteiger partial charge in [-0.2, -0.15) is 0 Å². The first kappa shape index (κ1) is 16.9. The van der Waals surface area contributed by atoms with Crippen LogP contribution in [-0.2, 0) is 4.79 Å². The Labute approximate surface area is 124 Å². The number of aromatic nitrogens is 1. The number of rotatable bonds is 6. The molecule has 2 N–H and O–H groups in total. The fourth-order valence-electron chi connectivity index (χ4n) is 2.05. The molecule has 1 rings (SSSR count). The number of aromatic amines is 1. The molecule has 0 atom stereocenters. The third-order valence-electron chi connectivity index (χ3n) is 3.15. The summed E-state index contributed by atoms with van der Waals surface area (Å²) in [7, 11) is 1.51. The second-order valence-corrected chi connectivity index (χ2v) is 5.18. The highest BCUT2D eigenvalue weighted by molar-refractivity contribution is 5.97. The molecule has 0 radical (unpaired) electrons. The molecule has 6 nitrogen and oxygen atoms in total. The fourth-order valence-corrected chi connectivity index (χ4v) is 2.05. The van der Waals surface area contributed by atoms with Crippen molar-refractivity contribution >= 4 is 11.8 Å². The van der Waals surface area contributed by atoms with Gasteiger partial charge in [0.15, 0.2) is 5.43 Å². The Morgan fingerprint density at radius 3 is 2.57 bits per heavy atom. The number of H-pyrrole nitrogens is 1. The fraction of sp³-hybridized carbons (Fsp3) is 0.533. The van der Waals surface area contributed by atoms with Crippen LogP contribution >= 0.6 is 0 Å². The Kier molecular flexibility index (Phi) is 6.14. The van der Waals surface area contributed by atoms with E-state index in [1.165, 1.54) is 18.0 Å². The van der Waals surface area contributed by atoms with Crippen LogP contribution in [0.3, 0.4) is 0 Å². The molecule has 0 saturated carbocycles. The lowest BCUT2D eigenvalue weighted by molar-refractivity contribution is -0.121. The lowest BCUT2D eigenvalue weighted by Gasteiger charge is -2.17. The maximum atomic E-state index is 12.3. The van der Waals surface area contributed by atoms with Gasteiger partial charge in [0.2, 0.25) is 5.91 Å². The summed E-state index contributed by atoms with van der Waals surface area (Å²) in [6.45, 7) is 6.01. The monoisotopic (exact) mass is 293 g/mol. The van der Waals surface area contributed by atoms with Crippen molar-refractivity contribution in [2.24, 2.45) is 0 Å². The molecule has 21 heavy (non-hydrogen) atoms. The first-order valence-electron chi connectivity index (χ1n) is 7.09. The van der Waals surface area contributed by atoms with Crippen molar-refractivity contribution in [3.8, 4) is 0 Å². The average molecular weight is 293 g/mol. The second-order valence-electron chi connectivity index (χ2n) is 5.18. The molecule has 116 valence electrons. The van der Waals surface area contributed by atoms with E-state index in [4.69, 9.17) is 0 Å². The van der Waals surface area contributed by atoms with Crippen molar-refractivity contribution in [2.45, 2.75) is 33.6 Å². The van der Waals surface area contributed by atoms with Crippen molar-refractivity contribution in [1.29, 1.82) is 0 Å². The van der Waals surface area contributed by atoms with Gasteiger partial charge in [0.1, 0.15) is 5.56 Å². The zero-order chi connectivity index (χ0) is 16.0. The van der Waals surface area contributed by atoms with E-state index in [1.807, 2.05) is 6.92 Å². The number of carbonyl (C=O) groups is 2. The minimum absolute atomic E-state index is 0.0602. The first-order chi connectivity index (χ1) is 9.86. The van der Waals surface area contributed by atoms with Crippen molar-refractivity contribution in [2.75, 3.05) is 20.1 Å². The van der Waals surface area contributed by atoms with E-state index in [0.717, 1.165) is 12.8 Å². The maximum Gasteiger partial charge on any atom is 0.259 e. The van der Waals surface area contributed by atoms with E-state index in [0.29, 0.717) is 17.9 Å². The number of amides is 2. The Hall–Kier alpha value is -2.11. The Morgan fingerprint density at radius 1 is 1.33 bits per heavy atom. The summed E-state index contributed by atoms with van der Waals surface area (Å²) in [5.41, 5.74) is 0.980. The molecule has 0 spiro atoms. The van der Waals surface area contributed by atoms with E-state index in [2.05, 4.69) is 10.3 Å². The van der Waals surface area contributed by atoms with E-state index >= 15 is 0 Å². The Balaban J connectivity index is 2.75. The van der Waals surface area contributed by atoms with Gasteiger partial charge in [0.25, 0.3) is 5.91 Å². The van der Waals surface area contributed by atoms with Crippen LogP contribution in [0, 0.1) is 13.8 Å². The quantitative estimate of drug-likeness (QED) is 0.767. The second kappa shape index (κ2) is 7.61. The molecule has 0 aliphatic rings. The third-order valence-corrected chi connectivity index (χ3v) is 3.15. The molecule has 6 heteroatoms. The van der Waals surface area contributed by atoms with Crippen LogP contribution in [0.25, 0.3) is 0 Å². The summed E-state index contributed by atoms with van der Waals surface area (Å²) in [6, 6.07) is 1.38. The van der Waals surface area contributed by atoms with Crippen LogP contribution in [0.4, 0.5) is 0 Å². The minimum atomic E-state index is -0.445. The molecule has 0 aliphatic carbocycles. The van der Waals surface area contributed by atoms with E-state index in [9.17, 15) is 14.4 Å². The van der Waals surface area contributed by atoms with E-state index < -0.39 is 5.91 Å². The van der Waals surface area contributed by atoms with Gasteiger partial charge in [-0.25, -0.2) is 0 Å². The van der Waals surface area contributed by atoms with E-state index in [-0.39, 0.29) is 23.4 Å². The molecular formula is C15H23N3O3. The molecular weight excluding hydrogens is 270 g/mol. The lowest BCUT2D eigenvalue weighted by atomic mass is 10.1. The van der Waals surface area contributed by atoms with Gasteiger partial charge in [-0.3, -0.25) is 14.4 Å². The number of hydrogen-bond donors (Lipinski definition) is 2. The van der Waals surface area contributed by atoms with Crippen LogP contribution in [-0.4, -0.2) is 41.8 Å². The van der Waals surface area contributed by atoms with Crippen molar-refractivity contribution < 1.29 is 9.59 Å². The van der Waals surface area contributed by atoms with Gasteiger partial charge in [-0.15, -0.1) is 0 Å². The van der Waals surface area contributed by atoms with Gasteiger partial charge >= 0.3 is 0 Å². The number of carbonyl (C=O) groups excluding carboxylic acids is 2. The summed E-state index contributed by atoms with van der Waals surface area (Å²) >= 11 is 0. The third kappa shape index (κ3) is 4.73. The topological polar surface area (TPSA) is 82.3 Å². The summed E-state index contributed by atoms with van der Waals surface area (Å²) in [5, 5.41) is 2.74. The summed E-state index contributed by atoms with van der Waals surface area (Å²) in [4.78, 5) is 40.1. The van der Waals surface area contributed by atoms with Crippen molar-refractivity contribution in [3.05, 3.63) is 33.2 Å². The molecule has 1 heterocycles. The molecule has 0 aliphatic heterocycles. The van der Waals surface area contributed by atoms with Crippen molar-refractivity contribution in [1.82, 2.24) is 15.2 Å². The number of pyridine rings is 1. The molecule has 0 saturated heterocycles. The first-order valence-corrected chi connectivity index (χ1v) is 7.09. The van der Waals surface area contributed by atoms with Gasteiger partial charge < -0.3 is 15.2 Å². The normalized spacial score (nSPS) is 10.3. The van der Waals surface area contributed by atoms with Gasteiger partial charge in [0.05, 0.1) is 6.54 Å². The van der Waals surface area contributed by atoms with E-state index in [1.54, 1.807) is 13.8 Å². The molecule has 0 bridgehead atoms. The number of unbranched alkanes of at least 4 members (excludes halogenated alkanes) is 1. The van der Waals surface area contributed by atoms with Gasteiger partial charge in [-0.05, 0) is 20.3 Å². The number of nitrogens with zero attached hydrogens (tertiary/aromatic N) is 1. The largest absolute Gasteiger partial charge is 0.362 e. The zero-order valence-electron chi connectivity index (χ0n) is 13.1. The summed E-state index contributed by atoms with van der Waals surface area (Å²) < 4.78 is 0. The highest BCUT2D eigenvalue weighted by atomic mass is 16.2. The SMILES string of the molecule is CCCCNC(=O)CN(C)C(=O)c1c(C)[nH]c(C)cc1=O. The Bertz CT molecular complexity index is 578. The number of nitrogens with one attached hydrogen (secondary N) is 2. The van der Waals surface area contributed by atoms with Crippen LogP contribution in [0.5, 0.6) is 0 Å². The molecule has 1 aromatic rings. The highest BCUT2D eigenvalue weighted by Crippen LogP contribution is 2.04. The maximum absolute atomic E-state index is 12.3. The summed E-state index contributed by atoms with van der Waals surface area (Å²) in [5.74, 6) is -0.667. The Morgan fingerprint density at radius 2 is 2.00 bits per heavy atom. The van der Waals surface area contributed by atoms with Gasteiger partial charge in [-0.1, -0.05) is 13.3 Å². The smallest absolute Gasteiger partial charge is 0.259 e. The summed E-state index contributed by atoms with van der Waals surface area (Å²) in [6.07, 6.45) is 1.90. The number of aryl methyl sites for hydroxylation is 2. The molecule has 0 aromatic carbocycles. The average Bonchev–Trinajstić information content (AvgIpc) is 2.37. The highest BCUT2D eigenvalue weighted by Gasteiger charge is 2.20. The number of hydrogen-bond acceptors (Lipinski definition) is 3. The van der Waals surface area contributed by atoms with Crippen LogP contribution in [0.1, 0.15) is 41.5 Å². The van der Waals surface area contributed by atoms with Crippen LogP contribution in [0.15, 0.2) is 10.9 Å². The lowest BCUT2D eigenvalue weighted by Crippen LogP contribution is -2.40. The standard InChI is InChI=1S/C15H23N3O3/c1-5-6-7-16-13(20)9-18(4)15(21)14-11(3)17-10(2)8-12(14)19/h8H,5-7,9H2,1-4H3,(H,16,20)(H,17,19). The van der Waals surface area contributed by atoms with Gasteiger partial charge in [0, 0.05) is 31.0 Å². The van der Waals surface area contributed by atoms with Crippen LogP contribution in [0.2, 0.25) is 0 Å². The predicted molar refractivity (Wildman–Crippen MR) is 81.4 cm³/mol. The number of likely N-dealkylation sites (N-methyl/N-ethyl adjacent to an activating group) is 1. The molecule has 2 amide bonds. The molecule has 1 aromatic heterocycles.